The molecule has 0 aromatic heterocycles. The first-order valence-corrected chi connectivity index (χ1v) is 3.40. The van der Waals surface area contributed by atoms with E-state index in [2.05, 4.69) is 18.9 Å². The second-order valence-corrected chi connectivity index (χ2v) is 2.85. The molecule has 9 heavy (non-hydrogen) atoms. The van der Waals surface area contributed by atoms with Crippen molar-refractivity contribution in [3.05, 3.63) is 0 Å². The quantitative estimate of drug-likeness (QED) is 0.447. The normalized spacial score (nSPS) is 33.0. The highest BCUT2D eigenvalue weighted by molar-refractivity contribution is 4.72. The number of rotatable bonds is 0. The first kappa shape index (κ1) is 6.99. The van der Waals surface area contributed by atoms with E-state index < -0.39 is 0 Å². The van der Waals surface area contributed by atoms with E-state index in [0.717, 1.165) is 19.6 Å². The Bertz CT molecular complexity index is 94.3. The third-order valence-electron chi connectivity index (χ3n) is 1.88. The van der Waals surface area contributed by atoms with E-state index in [1.807, 2.05) is 5.01 Å². The molecule has 1 atom stereocenters. The van der Waals surface area contributed by atoms with Crippen LogP contribution in [0, 0.1) is 0 Å². The van der Waals surface area contributed by atoms with Crippen molar-refractivity contribution in [3.8, 4) is 0 Å². The van der Waals surface area contributed by atoms with Crippen LogP contribution in [0.15, 0.2) is 0 Å². The van der Waals surface area contributed by atoms with Gasteiger partial charge in [0.1, 0.15) is 0 Å². The van der Waals surface area contributed by atoms with Gasteiger partial charge in [-0.1, -0.05) is 0 Å². The Kier molecular flexibility index (Phi) is 2.05. The molecule has 2 N–H and O–H groups in total. The zero-order chi connectivity index (χ0) is 6.85. The molecule has 0 amide bonds. The molecule has 0 aromatic carbocycles. The molecule has 0 radical (unpaired) electrons. The van der Waals surface area contributed by atoms with Gasteiger partial charge in [-0.15, -0.1) is 0 Å². The monoisotopic (exact) mass is 129 g/mol. The van der Waals surface area contributed by atoms with E-state index in [1.54, 1.807) is 0 Å². The van der Waals surface area contributed by atoms with E-state index in [4.69, 9.17) is 5.84 Å². The average molecular weight is 129 g/mol. The Morgan fingerprint density at radius 1 is 1.44 bits per heavy atom. The van der Waals surface area contributed by atoms with E-state index >= 15 is 0 Å². The summed E-state index contributed by atoms with van der Waals surface area (Å²) in [5, 5.41) is 1.90. The summed E-state index contributed by atoms with van der Waals surface area (Å²) in [7, 11) is 2.13. The molecule has 1 saturated heterocycles. The van der Waals surface area contributed by atoms with Gasteiger partial charge >= 0.3 is 0 Å². The molecule has 3 heteroatoms. The van der Waals surface area contributed by atoms with Crippen molar-refractivity contribution < 1.29 is 0 Å². The van der Waals surface area contributed by atoms with Gasteiger partial charge in [-0.2, -0.15) is 0 Å². The molecule has 1 rings (SSSR count). The fourth-order valence-electron chi connectivity index (χ4n) is 1.15. The summed E-state index contributed by atoms with van der Waals surface area (Å²) in [4.78, 5) is 2.30. The maximum absolute atomic E-state index is 5.65. The molecule has 0 saturated carbocycles. The van der Waals surface area contributed by atoms with Crippen LogP contribution in [0.2, 0.25) is 0 Å². The molecule has 0 unspecified atom stereocenters. The fourth-order valence-corrected chi connectivity index (χ4v) is 1.15. The van der Waals surface area contributed by atoms with Crippen molar-refractivity contribution >= 4 is 0 Å². The maximum Gasteiger partial charge on any atom is 0.0340 e. The van der Waals surface area contributed by atoms with Crippen LogP contribution in [-0.4, -0.2) is 42.6 Å². The highest BCUT2D eigenvalue weighted by Crippen LogP contribution is 2.01. The summed E-state index contributed by atoms with van der Waals surface area (Å²) in [6, 6.07) is 0.517. The van der Waals surface area contributed by atoms with Gasteiger partial charge in [0.15, 0.2) is 0 Å². The largest absolute Gasteiger partial charge is 0.303 e. The molecule has 54 valence electrons. The fraction of sp³-hybridized carbons (Fsp3) is 1.00. The Hall–Kier alpha value is -0.120. The number of hydrogen-bond acceptors (Lipinski definition) is 3. The minimum absolute atomic E-state index is 0.517. The number of nitrogens with two attached hydrogens (primary N) is 1. The summed E-state index contributed by atoms with van der Waals surface area (Å²) >= 11 is 0. The Morgan fingerprint density at radius 2 is 2.11 bits per heavy atom. The lowest BCUT2D eigenvalue weighted by atomic mass is 10.2. The van der Waals surface area contributed by atoms with Crippen molar-refractivity contribution in [1.82, 2.24) is 9.91 Å². The molecule has 1 aliphatic heterocycles. The standard InChI is InChI=1S/C6H15N3/c1-6-5-8(2)3-4-9(6)7/h6H,3-5,7H2,1-2H3/t6-/m1/s1. The highest BCUT2D eigenvalue weighted by atomic mass is 15.4. The molecule has 0 bridgehead atoms. The minimum Gasteiger partial charge on any atom is -0.303 e. The van der Waals surface area contributed by atoms with Crippen molar-refractivity contribution in [3.63, 3.8) is 0 Å². The first-order chi connectivity index (χ1) is 4.20. The molecule has 1 aliphatic rings. The third-order valence-corrected chi connectivity index (χ3v) is 1.88. The van der Waals surface area contributed by atoms with Crippen LogP contribution >= 0.6 is 0 Å². The second kappa shape index (κ2) is 2.64. The van der Waals surface area contributed by atoms with Crippen molar-refractivity contribution in [1.29, 1.82) is 0 Å². The zero-order valence-electron chi connectivity index (χ0n) is 6.17. The zero-order valence-corrected chi connectivity index (χ0v) is 6.17. The Morgan fingerprint density at radius 3 is 2.56 bits per heavy atom. The van der Waals surface area contributed by atoms with Crippen LogP contribution < -0.4 is 5.84 Å². The van der Waals surface area contributed by atoms with Gasteiger partial charge in [0, 0.05) is 25.7 Å². The molecule has 0 spiro atoms. The lowest BCUT2D eigenvalue weighted by Crippen LogP contribution is -2.53. The van der Waals surface area contributed by atoms with E-state index in [1.165, 1.54) is 0 Å². The van der Waals surface area contributed by atoms with Gasteiger partial charge in [-0.3, -0.25) is 5.84 Å². The van der Waals surface area contributed by atoms with Crippen LogP contribution in [0.3, 0.4) is 0 Å². The molecule has 0 aliphatic carbocycles. The Labute approximate surface area is 56.4 Å². The maximum atomic E-state index is 5.65. The van der Waals surface area contributed by atoms with Gasteiger partial charge < -0.3 is 4.90 Å². The Balaban J connectivity index is 2.35. The second-order valence-electron chi connectivity index (χ2n) is 2.85. The average Bonchev–Trinajstić information content (AvgIpc) is 1.80. The van der Waals surface area contributed by atoms with Crippen LogP contribution in [0.25, 0.3) is 0 Å². The molecule has 1 heterocycles. The van der Waals surface area contributed by atoms with Crippen molar-refractivity contribution in [2.75, 3.05) is 26.7 Å². The lowest BCUT2D eigenvalue weighted by molar-refractivity contribution is 0.101. The molecule has 0 aromatic rings. The summed E-state index contributed by atoms with van der Waals surface area (Å²) in [6.45, 7) is 5.34. The summed E-state index contributed by atoms with van der Waals surface area (Å²) in [5.74, 6) is 5.65. The predicted octanol–water partition coefficient (Wildman–Crippen LogP) is -0.504. The topological polar surface area (TPSA) is 32.5 Å². The SMILES string of the molecule is C[C@@H]1CN(C)CCN1N. The number of nitrogens with zero attached hydrogens (tertiary/aromatic N) is 2. The summed E-state index contributed by atoms with van der Waals surface area (Å²) < 4.78 is 0. The van der Waals surface area contributed by atoms with Gasteiger partial charge in [0.05, 0.1) is 0 Å². The number of hydrazine groups is 1. The van der Waals surface area contributed by atoms with Gasteiger partial charge in [0.25, 0.3) is 0 Å². The van der Waals surface area contributed by atoms with E-state index in [0.29, 0.717) is 6.04 Å². The van der Waals surface area contributed by atoms with Crippen LogP contribution in [0.4, 0.5) is 0 Å². The number of piperazine rings is 1. The van der Waals surface area contributed by atoms with Gasteiger partial charge in [0.2, 0.25) is 0 Å². The van der Waals surface area contributed by atoms with Crippen molar-refractivity contribution in [2.24, 2.45) is 5.84 Å². The summed E-state index contributed by atoms with van der Waals surface area (Å²) in [5.41, 5.74) is 0. The molecule has 3 nitrogen and oxygen atoms in total. The van der Waals surface area contributed by atoms with Gasteiger partial charge in [-0.05, 0) is 14.0 Å². The molecule has 1 fully saturated rings. The number of hydrogen-bond donors (Lipinski definition) is 1. The number of likely N-dealkylation sites (N-methyl/N-ethyl adjacent to an activating group) is 1. The minimum atomic E-state index is 0.517. The van der Waals surface area contributed by atoms with E-state index in [9.17, 15) is 0 Å². The molecular formula is C6H15N3. The van der Waals surface area contributed by atoms with E-state index in [-0.39, 0.29) is 0 Å². The molecular weight excluding hydrogens is 114 g/mol. The van der Waals surface area contributed by atoms with Crippen LogP contribution in [-0.2, 0) is 0 Å². The third kappa shape index (κ3) is 1.64. The first-order valence-electron chi connectivity index (χ1n) is 3.40. The van der Waals surface area contributed by atoms with Crippen LogP contribution in [0.5, 0.6) is 0 Å². The predicted molar refractivity (Wildman–Crippen MR) is 37.9 cm³/mol. The van der Waals surface area contributed by atoms with Crippen molar-refractivity contribution in [2.45, 2.75) is 13.0 Å². The summed E-state index contributed by atoms with van der Waals surface area (Å²) in [6.07, 6.45) is 0. The smallest absolute Gasteiger partial charge is 0.0340 e. The van der Waals surface area contributed by atoms with Gasteiger partial charge in [-0.25, -0.2) is 5.01 Å². The highest BCUT2D eigenvalue weighted by Gasteiger charge is 2.17. The lowest BCUT2D eigenvalue weighted by Gasteiger charge is -2.34. The van der Waals surface area contributed by atoms with Crippen LogP contribution in [0.1, 0.15) is 6.92 Å².